The second kappa shape index (κ2) is 10.3. The van der Waals surface area contributed by atoms with Crippen LogP contribution in [-0.4, -0.2) is 36.9 Å². The monoisotopic (exact) mass is 499 g/mol. The zero-order valence-electron chi connectivity index (χ0n) is 19.6. The van der Waals surface area contributed by atoms with Crippen molar-refractivity contribution < 1.29 is 24.2 Å². The van der Waals surface area contributed by atoms with Gasteiger partial charge in [0, 0.05) is 22.1 Å². The van der Waals surface area contributed by atoms with Crippen LogP contribution in [0.5, 0.6) is 5.75 Å². The smallest absolute Gasteiger partial charge is 0.407 e. The first kappa shape index (κ1) is 23.6. The van der Waals surface area contributed by atoms with Crippen molar-refractivity contribution in [3.63, 3.8) is 0 Å². The zero-order chi connectivity index (χ0) is 25.1. The fourth-order valence-corrected chi connectivity index (χ4v) is 5.65. The van der Waals surface area contributed by atoms with Crippen LogP contribution in [0.15, 0.2) is 84.9 Å². The molecule has 1 amide bonds. The first-order chi connectivity index (χ1) is 17.5. The number of methoxy groups -OCH3 is 1. The SMILES string of the molecule is COc1cccc(-c2ccc(CC(NC(=O)OCC3c4ccccc4-c4ccccc43)C(=O)O)s2)c1. The second-order valence-corrected chi connectivity index (χ2v) is 9.73. The lowest BCUT2D eigenvalue weighted by Crippen LogP contribution is -2.42. The normalized spacial score (nSPS) is 12.9. The molecule has 36 heavy (non-hydrogen) atoms. The van der Waals surface area contributed by atoms with Gasteiger partial charge >= 0.3 is 12.1 Å². The van der Waals surface area contributed by atoms with E-state index in [0.29, 0.717) is 0 Å². The molecule has 7 heteroatoms. The maximum absolute atomic E-state index is 12.6. The molecule has 1 aliphatic rings. The molecular formula is C29H25NO5S. The molecular weight excluding hydrogens is 474 g/mol. The molecule has 1 heterocycles. The fraction of sp³-hybridized carbons (Fsp3) is 0.172. The predicted molar refractivity (Wildman–Crippen MR) is 140 cm³/mol. The Kier molecular flexibility index (Phi) is 6.73. The summed E-state index contributed by atoms with van der Waals surface area (Å²) in [4.78, 5) is 26.4. The highest BCUT2D eigenvalue weighted by atomic mass is 32.1. The number of fused-ring (bicyclic) bond motifs is 3. The van der Waals surface area contributed by atoms with Gasteiger partial charge in [-0.15, -0.1) is 11.3 Å². The van der Waals surface area contributed by atoms with Crippen molar-refractivity contribution in [2.75, 3.05) is 13.7 Å². The Hall–Kier alpha value is -4.10. The highest BCUT2D eigenvalue weighted by Gasteiger charge is 2.30. The maximum atomic E-state index is 12.6. The molecule has 3 aromatic carbocycles. The van der Waals surface area contributed by atoms with Crippen LogP contribution in [0.4, 0.5) is 4.79 Å². The summed E-state index contributed by atoms with van der Waals surface area (Å²) < 4.78 is 10.8. The third-order valence-corrected chi connectivity index (χ3v) is 7.51. The molecule has 0 saturated carbocycles. The van der Waals surface area contributed by atoms with Crippen molar-refractivity contribution >= 4 is 23.4 Å². The van der Waals surface area contributed by atoms with E-state index in [4.69, 9.17) is 9.47 Å². The van der Waals surface area contributed by atoms with Gasteiger partial charge in [0.15, 0.2) is 0 Å². The molecule has 4 aromatic rings. The van der Waals surface area contributed by atoms with Gasteiger partial charge in [0.1, 0.15) is 18.4 Å². The van der Waals surface area contributed by atoms with Crippen LogP contribution in [0, 0.1) is 0 Å². The molecule has 0 saturated heterocycles. The summed E-state index contributed by atoms with van der Waals surface area (Å²) in [6.07, 6.45) is -0.581. The predicted octanol–water partition coefficient (Wildman–Crippen LogP) is 5.96. The first-order valence-electron chi connectivity index (χ1n) is 11.6. The van der Waals surface area contributed by atoms with Crippen molar-refractivity contribution in [3.8, 4) is 27.3 Å². The summed E-state index contributed by atoms with van der Waals surface area (Å²) in [7, 11) is 1.62. The molecule has 182 valence electrons. The minimum atomic E-state index is -1.11. The number of nitrogens with one attached hydrogen (secondary N) is 1. The molecule has 1 aromatic heterocycles. The number of carboxylic acids is 1. The Morgan fingerprint density at radius 3 is 2.31 bits per heavy atom. The lowest BCUT2D eigenvalue weighted by molar-refractivity contribution is -0.139. The highest BCUT2D eigenvalue weighted by molar-refractivity contribution is 7.15. The summed E-state index contributed by atoms with van der Waals surface area (Å²) in [6.45, 7) is 0.130. The Morgan fingerprint density at radius 2 is 1.64 bits per heavy atom. The Morgan fingerprint density at radius 1 is 0.944 bits per heavy atom. The molecule has 5 rings (SSSR count). The van der Waals surface area contributed by atoms with Crippen LogP contribution in [-0.2, 0) is 16.0 Å². The number of ether oxygens (including phenoxy) is 2. The van der Waals surface area contributed by atoms with Gasteiger partial charge in [-0.05, 0) is 52.1 Å². The lowest BCUT2D eigenvalue weighted by atomic mass is 9.98. The Balaban J connectivity index is 1.24. The number of benzene rings is 3. The van der Waals surface area contributed by atoms with Crippen molar-refractivity contribution in [2.24, 2.45) is 0 Å². The minimum absolute atomic E-state index is 0.0888. The largest absolute Gasteiger partial charge is 0.497 e. The van der Waals surface area contributed by atoms with Crippen molar-refractivity contribution in [3.05, 3.63) is 101 Å². The standard InChI is InChI=1S/C29H25NO5S/c1-34-19-8-6-7-18(15-19)27-14-13-20(36-27)16-26(28(31)32)30-29(33)35-17-25-23-11-4-2-9-21(23)22-10-3-5-12-24(22)25/h2-15,25-26H,16-17H2,1H3,(H,30,33)(H,31,32). The fourth-order valence-electron chi connectivity index (χ4n) is 4.60. The van der Waals surface area contributed by atoms with Crippen molar-refractivity contribution in [2.45, 2.75) is 18.4 Å². The van der Waals surface area contributed by atoms with Gasteiger partial charge in [0.05, 0.1) is 7.11 Å². The van der Waals surface area contributed by atoms with E-state index in [1.165, 1.54) is 11.3 Å². The molecule has 0 spiro atoms. The highest BCUT2D eigenvalue weighted by Crippen LogP contribution is 2.44. The number of thiophene rings is 1. The van der Waals surface area contributed by atoms with Crippen LogP contribution in [0.25, 0.3) is 21.6 Å². The molecule has 0 radical (unpaired) electrons. The van der Waals surface area contributed by atoms with E-state index >= 15 is 0 Å². The van der Waals surface area contributed by atoms with E-state index in [9.17, 15) is 14.7 Å². The summed E-state index contributed by atoms with van der Waals surface area (Å²) in [5.41, 5.74) is 5.46. The summed E-state index contributed by atoms with van der Waals surface area (Å²) >= 11 is 1.49. The van der Waals surface area contributed by atoms with E-state index in [0.717, 1.165) is 43.3 Å². The molecule has 0 bridgehead atoms. The second-order valence-electron chi connectivity index (χ2n) is 8.56. The first-order valence-corrected chi connectivity index (χ1v) is 12.4. The summed E-state index contributed by atoms with van der Waals surface area (Å²) in [5.74, 6) is -0.447. The number of alkyl carbamates (subject to hydrolysis) is 1. The van der Waals surface area contributed by atoms with Crippen LogP contribution in [0.3, 0.4) is 0 Å². The molecule has 1 unspecified atom stereocenters. The number of hydrogen-bond donors (Lipinski definition) is 2. The topological polar surface area (TPSA) is 84.9 Å². The van der Waals surface area contributed by atoms with Gasteiger partial charge in [0.2, 0.25) is 0 Å². The van der Waals surface area contributed by atoms with E-state index in [2.05, 4.69) is 17.4 Å². The van der Waals surface area contributed by atoms with Crippen molar-refractivity contribution in [1.82, 2.24) is 5.32 Å². The minimum Gasteiger partial charge on any atom is -0.497 e. The third kappa shape index (κ3) is 4.83. The molecule has 1 atom stereocenters. The number of carboxylic acid groups (broad SMARTS) is 1. The Bertz CT molecular complexity index is 1370. The zero-order valence-corrected chi connectivity index (χ0v) is 20.5. The number of carbonyl (C=O) groups excluding carboxylic acids is 1. The van der Waals surface area contributed by atoms with Gasteiger partial charge < -0.3 is 19.9 Å². The lowest BCUT2D eigenvalue weighted by Gasteiger charge is -2.17. The third-order valence-electron chi connectivity index (χ3n) is 6.36. The molecule has 1 aliphatic carbocycles. The van der Waals surface area contributed by atoms with Gasteiger partial charge in [-0.1, -0.05) is 60.7 Å². The molecule has 2 N–H and O–H groups in total. The molecule has 0 fully saturated rings. The van der Waals surface area contributed by atoms with Gasteiger partial charge in [-0.25, -0.2) is 9.59 Å². The number of carbonyl (C=O) groups is 2. The number of rotatable bonds is 8. The van der Waals surface area contributed by atoms with E-state index in [-0.39, 0.29) is 18.9 Å². The summed E-state index contributed by atoms with van der Waals surface area (Å²) in [5, 5.41) is 12.3. The maximum Gasteiger partial charge on any atom is 0.407 e. The summed E-state index contributed by atoms with van der Waals surface area (Å²) in [6, 6.07) is 26.6. The number of hydrogen-bond acceptors (Lipinski definition) is 5. The van der Waals surface area contributed by atoms with E-state index in [1.807, 2.05) is 72.8 Å². The van der Waals surface area contributed by atoms with Crippen LogP contribution in [0.2, 0.25) is 0 Å². The van der Waals surface area contributed by atoms with E-state index in [1.54, 1.807) is 7.11 Å². The number of amides is 1. The average molecular weight is 500 g/mol. The van der Waals surface area contributed by atoms with Crippen LogP contribution in [0.1, 0.15) is 21.9 Å². The number of aliphatic carboxylic acids is 1. The average Bonchev–Trinajstić information content (AvgIpc) is 3.50. The van der Waals surface area contributed by atoms with Gasteiger partial charge in [0.25, 0.3) is 0 Å². The Labute approximate surface area is 213 Å². The molecule has 0 aliphatic heterocycles. The van der Waals surface area contributed by atoms with Crippen LogP contribution < -0.4 is 10.1 Å². The van der Waals surface area contributed by atoms with E-state index < -0.39 is 18.1 Å². The van der Waals surface area contributed by atoms with Crippen molar-refractivity contribution in [1.29, 1.82) is 0 Å². The van der Waals surface area contributed by atoms with Gasteiger partial charge in [-0.2, -0.15) is 0 Å². The quantitative estimate of drug-likeness (QED) is 0.313. The van der Waals surface area contributed by atoms with Gasteiger partial charge in [-0.3, -0.25) is 0 Å². The molecule has 6 nitrogen and oxygen atoms in total. The van der Waals surface area contributed by atoms with Crippen LogP contribution >= 0.6 is 11.3 Å².